The van der Waals surface area contributed by atoms with Crippen LogP contribution in [-0.4, -0.2) is 9.78 Å². The summed E-state index contributed by atoms with van der Waals surface area (Å²) in [6, 6.07) is 4.31. The maximum absolute atomic E-state index is 4.29. The minimum Gasteiger partial charge on any atom is -0.231 e. The summed E-state index contributed by atoms with van der Waals surface area (Å²) in [7, 11) is 0. The quantitative estimate of drug-likeness (QED) is 0.736. The number of rotatable bonds is 2. The maximum atomic E-state index is 4.29. The van der Waals surface area contributed by atoms with Gasteiger partial charge in [-0.05, 0) is 30.5 Å². The van der Waals surface area contributed by atoms with Crippen molar-refractivity contribution in [1.82, 2.24) is 9.78 Å². The summed E-state index contributed by atoms with van der Waals surface area (Å²) >= 11 is 1.81. The molecule has 0 amide bonds. The van der Waals surface area contributed by atoms with E-state index >= 15 is 0 Å². The van der Waals surface area contributed by atoms with Crippen molar-refractivity contribution in [1.29, 1.82) is 0 Å². The molecule has 0 bridgehead atoms. The molecule has 3 heteroatoms. The second-order valence-corrected chi connectivity index (χ2v) is 4.89. The minimum atomic E-state index is 0.602. The summed E-state index contributed by atoms with van der Waals surface area (Å²) in [5.74, 6) is 0.602. The van der Waals surface area contributed by atoms with Crippen LogP contribution in [0.1, 0.15) is 30.2 Å². The fraction of sp³-hybridized carbons (Fsp3) is 0.364. The van der Waals surface area contributed by atoms with Gasteiger partial charge in [0.05, 0.1) is 6.20 Å². The van der Waals surface area contributed by atoms with E-state index in [1.165, 1.54) is 15.4 Å². The zero-order valence-electron chi connectivity index (χ0n) is 8.69. The van der Waals surface area contributed by atoms with Crippen LogP contribution in [0.2, 0.25) is 0 Å². The molecule has 74 valence electrons. The molecule has 0 N–H and O–H groups in total. The average Bonchev–Trinajstić information content (AvgIpc) is 2.70. The number of nitrogens with zero attached hydrogens (tertiary/aromatic N) is 2. The van der Waals surface area contributed by atoms with Gasteiger partial charge in [0.2, 0.25) is 0 Å². The summed E-state index contributed by atoms with van der Waals surface area (Å²) in [6.07, 6.45) is 3.94. The molecule has 0 saturated carbocycles. The van der Waals surface area contributed by atoms with Gasteiger partial charge in [0.1, 0.15) is 5.00 Å². The average molecular weight is 206 g/mol. The van der Waals surface area contributed by atoms with Crippen LogP contribution in [-0.2, 0) is 0 Å². The predicted molar refractivity (Wildman–Crippen MR) is 60.3 cm³/mol. The molecular formula is C11H14N2S. The Balaban J connectivity index is 2.33. The van der Waals surface area contributed by atoms with Crippen LogP contribution in [0.4, 0.5) is 0 Å². The van der Waals surface area contributed by atoms with E-state index in [2.05, 4.69) is 44.2 Å². The number of aromatic nitrogens is 2. The van der Waals surface area contributed by atoms with Crippen LogP contribution in [0.3, 0.4) is 0 Å². The summed E-state index contributed by atoms with van der Waals surface area (Å²) < 4.78 is 1.94. The van der Waals surface area contributed by atoms with Gasteiger partial charge in [0, 0.05) is 11.1 Å². The van der Waals surface area contributed by atoms with Gasteiger partial charge >= 0.3 is 0 Å². The SMILES string of the molecule is Cc1cnn(-c2ccc(C(C)C)s2)c1. The highest BCUT2D eigenvalue weighted by Crippen LogP contribution is 2.26. The van der Waals surface area contributed by atoms with Crippen LogP contribution >= 0.6 is 11.3 Å². The van der Waals surface area contributed by atoms with Gasteiger partial charge < -0.3 is 0 Å². The van der Waals surface area contributed by atoms with Gasteiger partial charge in [0.15, 0.2) is 0 Å². The molecule has 0 unspecified atom stereocenters. The van der Waals surface area contributed by atoms with E-state index in [4.69, 9.17) is 0 Å². The van der Waals surface area contributed by atoms with Gasteiger partial charge in [-0.1, -0.05) is 13.8 Å². The van der Waals surface area contributed by atoms with E-state index in [-0.39, 0.29) is 0 Å². The first-order valence-electron chi connectivity index (χ1n) is 4.78. The second-order valence-electron chi connectivity index (χ2n) is 3.79. The molecule has 2 heterocycles. The van der Waals surface area contributed by atoms with Crippen LogP contribution in [0.15, 0.2) is 24.5 Å². The number of thiophene rings is 1. The molecule has 0 aliphatic carbocycles. The van der Waals surface area contributed by atoms with Crippen LogP contribution in [0.25, 0.3) is 5.00 Å². The highest BCUT2D eigenvalue weighted by molar-refractivity contribution is 7.14. The Morgan fingerprint density at radius 3 is 2.64 bits per heavy atom. The lowest BCUT2D eigenvalue weighted by atomic mass is 10.2. The van der Waals surface area contributed by atoms with Gasteiger partial charge in [-0.3, -0.25) is 0 Å². The summed E-state index contributed by atoms with van der Waals surface area (Å²) in [4.78, 5) is 1.41. The standard InChI is InChI=1S/C11H14N2S/c1-8(2)10-4-5-11(14-10)13-7-9(3)6-12-13/h4-8H,1-3H3. The first kappa shape index (κ1) is 9.46. The third-order valence-corrected chi connectivity index (χ3v) is 3.49. The Morgan fingerprint density at radius 2 is 2.14 bits per heavy atom. The van der Waals surface area contributed by atoms with Crippen molar-refractivity contribution in [2.45, 2.75) is 26.7 Å². The molecule has 0 atom stereocenters. The molecule has 2 nitrogen and oxygen atoms in total. The number of hydrogen-bond acceptors (Lipinski definition) is 2. The topological polar surface area (TPSA) is 17.8 Å². The fourth-order valence-corrected chi connectivity index (χ4v) is 2.25. The Kier molecular flexibility index (Phi) is 2.42. The molecule has 0 aromatic carbocycles. The van der Waals surface area contributed by atoms with Crippen molar-refractivity contribution < 1.29 is 0 Å². The molecule has 2 aromatic rings. The predicted octanol–water partition coefficient (Wildman–Crippen LogP) is 3.37. The van der Waals surface area contributed by atoms with Gasteiger partial charge in [-0.2, -0.15) is 5.10 Å². The largest absolute Gasteiger partial charge is 0.231 e. The molecule has 14 heavy (non-hydrogen) atoms. The number of hydrogen-bond donors (Lipinski definition) is 0. The first-order valence-corrected chi connectivity index (χ1v) is 5.60. The van der Waals surface area contributed by atoms with Crippen molar-refractivity contribution in [2.24, 2.45) is 0 Å². The van der Waals surface area contributed by atoms with Crippen molar-refractivity contribution in [3.05, 3.63) is 35.0 Å². The highest BCUT2D eigenvalue weighted by Gasteiger charge is 2.05. The molecule has 2 rings (SSSR count). The fourth-order valence-electron chi connectivity index (χ4n) is 1.31. The molecule has 0 aliphatic heterocycles. The lowest BCUT2D eigenvalue weighted by Gasteiger charge is -1.98. The van der Waals surface area contributed by atoms with Crippen molar-refractivity contribution in [3.63, 3.8) is 0 Å². The summed E-state index contributed by atoms with van der Waals surface area (Å²) in [5.41, 5.74) is 1.20. The Morgan fingerprint density at radius 1 is 1.36 bits per heavy atom. The number of aryl methyl sites for hydroxylation is 1. The second kappa shape index (κ2) is 3.58. The first-order chi connectivity index (χ1) is 6.66. The van der Waals surface area contributed by atoms with Crippen LogP contribution in [0.5, 0.6) is 0 Å². The lowest BCUT2D eigenvalue weighted by Crippen LogP contribution is -1.88. The third kappa shape index (κ3) is 1.73. The Hall–Kier alpha value is -1.09. The molecule has 2 aromatic heterocycles. The molecule has 0 fully saturated rings. The zero-order valence-corrected chi connectivity index (χ0v) is 9.51. The van der Waals surface area contributed by atoms with E-state index in [0.717, 1.165) is 0 Å². The van der Waals surface area contributed by atoms with Gasteiger partial charge in [0.25, 0.3) is 0 Å². The van der Waals surface area contributed by atoms with Crippen molar-refractivity contribution >= 4 is 11.3 Å². The smallest absolute Gasteiger partial charge is 0.117 e. The molecule has 0 radical (unpaired) electrons. The van der Waals surface area contributed by atoms with E-state index < -0.39 is 0 Å². The van der Waals surface area contributed by atoms with Crippen molar-refractivity contribution in [3.8, 4) is 5.00 Å². The van der Waals surface area contributed by atoms with Crippen LogP contribution in [0, 0.1) is 6.92 Å². The molecule has 0 aliphatic rings. The highest BCUT2D eigenvalue weighted by atomic mass is 32.1. The molecule has 0 spiro atoms. The van der Waals surface area contributed by atoms with E-state index in [0.29, 0.717) is 5.92 Å². The Bertz CT molecular complexity index is 426. The molecule has 0 saturated heterocycles. The van der Waals surface area contributed by atoms with Gasteiger partial charge in [-0.15, -0.1) is 11.3 Å². The molecular weight excluding hydrogens is 192 g/mol. The lowest BCUT2D eigenvalue weighted by molar-refractivity contribution is 0.889. The normalized spacial score (nSPS) is 11.1. The summed E-state index contributed by atoms with van der Waals surface area (Å²) in [5, 5.41) is 5.48. The zero-order chi connectivity index (χ0) is 10.1. The van der Waals surface area contributed by atoms with Gasteiger partial charge in [-0.25, -0.2) is 4.68 Å². The monoisotopic (exact) mass is 206 g/mol. The minimum absolute atomic E-state index is 0.602. The van der Waals surface area contributed by atoms with Crippen molar-refractivity contribution in [2.75, 3.05) is 0 Å². The Labute approximate surface area is 88.2 Å². The maximum Gasteiger partial charge on any atom is 0.117 e. The van der Waals surface area contributed by atoms with E-state index in [1.807, 2.05) is 22.2 Å². The van der Waals surface area contributed by atoms with E-state index in [9.17, 15) is 0 Å². The third-order valence-electron chi connectivity index (χ3n) is 2.12. The summed E-state index contributed by atoms with van der Waals surface area (Å²) in [6.45, 7) is 6.48. The van der Waals surface area contributed by atoms with E-state index in [1.54, 1.807) is 0 Å². The van der Waals surface area contributed by atoms with Crippen LogP contribution < -0.4 is 0 Å².